The molecule has 3 atom stereocenters. The lowest BCUT2D eigenvalue weighted by atomic mass is 9.67. The predicted molar refractivity (Wildman–Crippen MR) is 111 cm³/mol. The molecule has 1 aromatic heterocycles. The van der Waals surface area contributed by atoms with E-state index in [1.165, 1.54) is 22.1 Å². The molecule has 3 heteroatoms. The van der Waals surface area contributed by atoms with E-state index in [9.17, 15) is 0 Å². The Bertz CT molecular complexity index is 932. The lowest BCUT2D eigenvalue weighted by Gasteiger charge is -2.37. The van der Waals surface area contributed by atoms with E-state index < -0.39 is 0 Å². The minimum absolute atomic E-state index is 0.121. The van der Waals surface area contributed by atoms with Crippen LogP contribution in [0.2, 0.25) is 0 Å². The molecule has 142 valence electrons. The van der Waals surface area contributed by atoms with Crippen LogP contribution in [-0.4, -0.2) is 17.3 Å². The lowest BCUT2D eigenvalue weighted by molar-refractivity contribution is -0.0159. The first kappa shape index (κ1) is 18.2. The van der Waals surface area contributed by atoms with Crippen LogP contribution in [0.1, 0.15) is 56.2 Å². The average Bonchev–Trinajstić information content (AvgIpc) is 3.30. The summed E-state index contributed by atoms with van der Waals surface area (Å²) in [6, 6.07) is 15.4. The Balaban J connectivity index is 1.88. The van der Waals surface area contributed by atoms with Crippen molar-refractivity contribution in [2.24, 2.45) is 5.92 Å². The number of methoxy groups -OCH3 is 1. The smallest absolute Gasteiger partial charge is 0.0939 e. The molecule has 0 radical (unpaired) electrons. The number of aromatic nitrogens is 2. The second-order valence-corrected chi connectivity index (χ2v) is 8.18. The number of H-pyrrole nitrogens is 1. The Morgan fingerprint density at radius 2 is 1.96 bits per heavy atom. The highest BCUT2D eigenvalue weighted by Gasteiger charge is 2.55. The zero-order valence-corrected chi connectivity index (χ0v) is 16.9. The molecule has 3 aromatic rings. The molecule has 27 heavy (non-hydrogen) atoms. The Hall–Kier alpha value is -2.13. The number of ether oxygens (including phenoxy) is 1. The van der Waals surface area contributed by atoms with E-state index in [1.807, 2.05) is 13.3 Å². The summed E-state index contributed by atoms with van der Waals surface area (Å²) in [4.78, 5) is 0. The molecule has 3 nitrogen and oxygen atoms in total. The Labute approximate surface area is 162 Å². The maximum atomic E-state index is 6.29. The molecule has 1 N–H and O–H groups in total. The van der Waals surface area contributed by atoms with E-state index in [1.54, 1.807) is 0 Å². The molecule has 0 amide bonds. The van der Waals surface area contributed by atoms with Crippen LogP contribution in [0.25, 0.3) is 10.9 Å². The van der Waals surface area contributed by atoms with Gasteiger partial charge in [-0.15, -0.1) is 0 Å². The van der Waals surface area contributed by atoms with Crippen molar-refractivity contribution >= 4 is 10.9 Å². The molecule has 1 aliphatic carbocycles. The number of nitrogens with zero attached hydrogens (tertiary/aromatic N) is 1. The number of fused-ring (bicyclic) bond motifs is 1. The van der Waals surface area contributed by atoms with E-state index in [0.29, 0.717) is 5.92 Å². The number of hydrogen-bond donors (Lipinski definition) is 1. The molecular formula is C24H30N2O. The minimum atomic E-state index is -0.213. The number of aryl methyl sites for hydroxylation is 1. The van der Waals surface area contributed by atoms with Crippen molar-refractivity contribution in [1.29, 1.82) is 0 Å². The largest absolute Gasteiger partial charge is 0.373 e. The molecule has 1 saturated carbocycles. The summed E-state index contributed by atoms with van der Waals surface area (Å²) in [6.07, 6.45) is 6.32. The second kappa shape index (κ2) is 6.79. The quantitative estimate of drug-likeness (QED) is 0.615. The molecule has 0 bridgehead atoms. The van der Waals surface area contributed by atoms with Crippen LogP contribution in [0, 0.1) is 12.8 Å². The van der Waals surface area contributed by atoms with E-state index >= 15 is 0 Å². The fourth-order valence-corrected chi connectivity index (χ4v) is 5.65. The van der Waals surface area contributed by atoms with Crippen molar-refractivity contribution in [3.05, 3.63) is 65.4 Å². The highest BCUT2D eigenvalue weighted by molar-refractivity contribution is 5.80. The Morgan fingerprint density at radius 3 is 2.63 bits per heavy atom. The first-order chi connectivity index (χ1) is 13.1. The highest BCUT2D eigenvalue weighted by Crippen LogP contribution is 2.59. The molecule has 4 rings (SSSR count). The van der Waals surface area contributed by atoms with Crippen molar-refractivity contribution in [3.63, 3.8) is 0 Å². The van der Waals surface area contributed by atoms with Gasteiger partial charge >= 0.3 is 0 Å². The summed E-state index contributed by atoms with van der Waals surface area (Å²) in [5, 5.41) is 8.55. The molecule has 0 unspecified atom stereocenters. The summed E-state index contributed by atoms with van der Waals surface area (Å²) in [7, 11) is 1.89. The van der Waals surface area contributed by atoms with Crippen LogP contribution in [0.4, 0.5) is 0 Å². The van der Waals surface area contributed by atoms with Crippen LogP contribution in [-0.2, 0) is 15.8 Å². The zero-order valence-electron chi connectivity index (χ0n) is 16.9. The minimum Gasteiger partial charge on any atom is -0.373 e. The predicted octanol–water partition coefficient (Wildman–Crippen LogP) is 5.88. The zero-order chi connectivity index (χ0) is 19.1. The van der Waals surface area contributed by atoms with Crippen molar-refractivity contribution in [3.8, 4) is 0 Å². The van der Waals surface area contributed by atoms with Crippen LogP contribution in [0.15, 0.2) is 48.7 Å². The van der Waals surface area contributed by atoms with Gasteiger partial charge in [0.2, 0.25) is 0 Å². The fraction of sp³-hybridized carbons (Fsp3) is 0.458. The van der Waals surface area contributed by atoms with E-state index in [0.717, 1.165) is 31.2 Å². The summed E-state index contributed by atoms with van der Waals surface area (Å²) in [5.74, 6) is 0.589. The molecule has 0 saturated heterocycles. The van der Waals surface area contributed by atoms with E-state index in [2.05, 4.69) is 73.4 Å². The summed E-state index contributed by atoms with van der Waals surface area (Å²) < 4.78 is 6.29. The average molecular weight is 363 g/mol. The van der Waals surface area contributed by atoms with Crippen LogP contribution < -0.4 is 0 Å². The second-order valence-electron chi connectivity index (χ2n) is 8.18. The van der Waals surface area contributed by atoms with Gasteiger partial charge in [0.25, 0.3) is 0 Å². The molecule has 0 aliphatic heterocycles. The van der Waals surface area contributed by atoms with Gasteiger partial charge in [-0.05, 0) is 60.9 Å². The molecular weight excluding hydrogens is 332 g/mol. The van der Waals surface area contributed by atoms with Gasteiger partial charge in [0.05, 0.1) is 17.3 Å². The highest BCUT2D eigenvalue weighted by atomic mass is 16.5. The van der Waals surface area contributed by atoms with Gasteiger partial charge in [0.15, 0.2) is 0 Å². The summed E-state index contributed by atoms with van der Waals surface area (Å²) in [6.45, 7) is 6.92. The Kier molecular flexibility index (Phi) is 4.59. The molecule has 1 aliphatic rings. The number of hydrogen-bond acceptors (Lipinski definition) is 2. The van der Waals surface area contributed by atoms with Crippen LogP contribution in [0.5, 0.6) is 0 Å². The Morgan fingerprint density at radius 1 is 1.19 bits per heavy atom. The lowest BCUT2D eigenvalue weighted by Crippen LogP contribution is -2.32. The number of benzene rings is 2. The van der Waals surface area contributed by atoms with E-state index in [4.69, 9.17) is 4.74 Å². The third kappa shape index (κ3) is 2.71. The van der Waals surface area contributed by atoms with Crippen molar-refractivity contribution in [2.75, 3.05) is 7.11 Å². The van der Waals surface area contributed by atoms with Crippen molar-refractivity contribution in [1.82, 2.24) is 10.2 Å². The SMILES string of the molecule is CC[C@@H]1C[C@@](OC)(c2ccccc2)C[C@@]1(CC)c1cc2cn[nH]c2cc1C. The fourth-order valence-electron chi connectivity index (χ4n) is 5.65. The molecule has 1 heterocycles. The van der Waals surface area contributed by atoms with Gasteiger partial charge in [0, 0.05) is 17.9 Å². The third-order valence-corrected chi connectivity index (χ3v) is 7.09. The normalized spacial score (nSPS) is 28.1. The topological polar surface area (TPSA) is 37.9 Å². The van der Waals surface area contributed by atoms with Crippen LogP contribution in [0.3, 0.4) is 0 Å². The number of rotatable bonds is 5. The molecule has 1 fully saturated rings. The monoisotopic (exact) mass is 362 g/mol. The standard InChI is InChI=1S/C24H30N2O/c1-5-19-14-24(27-4,20-10-8-7-9-11-20)16-23(19,6-2)21-13-18-15-25-26-22(18)12-17(21)3/h7-13,15,19H,5-6,14,16H2,1-4H3,(H,25,26)/t19-,23-,24+/m1/s1. The summed E-state index contributed by atoms with van der Waals surface area (Å²) in [5.41, 5.74) is 5.16. The molecule has 2 aromatic carbocycles. The first-order valence-electron chi connectivity index (χ1n) is 10.1. The maximum Gasteiger partial charge on any atom is 0.0939 e. The van der Waals surface area contributed by atoms with E-state index in [-0.39, 0.29) is 11.0 Å². The van der Waals surface area contributed by atoms with Gasteiger partial charge in [-0.2, -0.15) is 5.10 Å². The summed E-state index contributed by atoms with van der Waals surface area (Å²) >= 11 is 0. The van der Waals surface area contributed by atoms with Gasteiger partial charge in [-0.25, -0.2) is 0 Å². The van der Waals surface area contributed by atoms with Crippen LogP contribution >= 0.6 is 0 Å². The first-order valence-corrected chi connectivity index (χ1v) is 10.1. The van der Waals surface area contributed by atoms with Gasteiger partial charge in [0.1, 0.15) is 0 Å². The third-order valence-electron chi connectivity index (χ3n) is 7.09. The van der Waals surface area contributed by atoms with Gasteiger partial charge in [-0.3, -0.25) is 5.10 Å². The number of nitrogens with one attached hydrogen (secondary N) is 1. The number of aromatic amines is 1. The van der Waals surface area contributed by atoms with Crippen molar-refractivity contribution in [2.45, 2.75) is 57.5 Å². The van der Waals surface area contributed by atoms with Gasteiger partial charge in [-0.1, -0.05) is 50.6 Å². The van der Waals surface area contributed by atoms with Crippen molar-refractivity contribution < 1.29 is 4.74 Å². The molecule has 0 spiro atoms. The van der Waals surface area contributed by atoms with Gasteiger partial charge < -0.3 is 4.74 Å². The maximum absolute atomic E-state index is 6.29.